The van der Waals surface area contributed by atoms with Crippen LogP contribution in [0.1, 0.15) is 73.6 Å². The van der Waals surface area contributed by atoms with Crippen LogP contribution >= 0.6 is 0 Å². The van der Waals surface area contributed by atoms with Gasteiger partial charge in [0.2, 0.25) is 0 Å². The van der Waals surface area contributed by atoms with E-state index in [1.165, 1.54) is 12.8 Å². The number of hydrogen-bond acceptors (Lipinski definition) is 4. The van der Waals surface area contributed by atoms with Crippen molar-refractivity contribution in [2.24, 2.45) is 21.7 Å². The number of ether oxygens (including phenoxy) is 1. The Bertz CT molecular complexity index is 580. The molecule has 2 aliphatic rings. The van der Waals surface area contributed by atoms with Crippen LogP contribution in [-0.4, -0.2) is 48.2 Å². The highest BCUT2D eigenvalue weighted by Crippen LogP contribution is 2.57. The van der Waals surface area contributed by atoms with E-state index in [1.807, 2.05) is 6.92 Å². The Morgan fingerprint density at radius 1 is 1.23 bits per heavy atom. The molecule has 0 spiro atoms. The number of esters is 1. The first-order chi connectivity index (χ1) is 12.0. The van der Waals surface area contributed by atoms with Gasteiger partial charge in [0.1, 0.15) is 6.04 Å². The summed E-state index contributed by atoms with van der Waals surface area (Å²) in [5.74, 6) is 0.136. The fourth-order valence-corrected chi connectivity index (χ4v) is 4.47. The van der Waals surface area contributed by atoms with Crippen molar-refractivity contribution in [2.45, 2.75) is 85.8 Å². The number of rotatable bonds is 5. The molecule has 3 atom stereocenters. The van der Waals surface area contributed by atoms with Crippen molar-refractivity contribution in [3.63, 3.8) is 0 Å². The lowest BCUT2D eigenvalue weighted by molar-refractivity contribution is -0.157. The normalized spacial score (nSPS) is 28.9. The van der Waals surface area contributed by atoms with Gasteiger partial charge >= 0.3 is 5.97 Å². The van der Waals surface area contributed by atoms with Crippen LogP contribution < -0.4 is 0 Å². The van der Waals surface area contributed by atoms with Crippen molar-refractivity contribution in [3.8, 4) is 0 Å². The van der Waals surface area contributed by atoms with Gasteiger partial charge in [0.25, 0.3) is 5.91 Å². The van der Waals surface area contributed by atoms with E-state index in [0.29, 0.717) is 30.0 Å². The number of likely N-dealkylation sites (tertiary alicyclic amines) is 1. The Hall–Kier alpha value is -1.39. The summed E-state index contributed by atoms with van der Waals surface area (Å²) in [5, 5.41) is 0. The molecule has 1 aliphatic heterocycles. The number of carbonyl (C=O) groups excluding carboxylic acids is 2. The number of carbonyl (C=O) groups is 2. The molecule has 0 aromatic heterocycles. The Morgan fingerprint density at radius 2 is 1.88 bits per heavy atom. The lowest BCUT2D eigenvalue weighted by Crippen LogP contribution is -2.45. The fraction of sp³-hybridized carbons (Fsp3) is 0.857. The molecule has 5 heteroatoms. The van der Waals surface area contributed by atoms with Crippen molar-refractivity contribution < 1.29 is 14.3 Å². The van der Waals surface area contributed by atoms with Gasteiger partial charge in [-0.2, -0.15) is 0 Å². The van der Waals surface area contributed by atoms with E-state index in [-0.39, 0.29) is 23.4 Å². The molecule has 1 heterocycles. The zero-order valence-electron chi connectivity index (χ0n) is 17.6. The fourth-order valence-electron chi connectivity index (χ4n) is 4.47. The molecule has 148 valence electrons. The predicted molar refractivity (Wildman–Crippen MR) is 104 cm³/mol. The van der Waals surface area contributed by atoms with E-state index >= 15 is 0 Å². The first-order valence-electron chi connectivity index (χ1n) is 9.96. The van der Waals surface area contributed by atoms with Crippen LogP contribution in [0.25, 0.3) is 0 Å². The van der Waals surface area contributed by atoms with E-state index in [4.69, 9.17) is 4.74 Å². The van der Waals surface area contributed by atoms with Crippen molar-refractivity contribution in [1.82, 2.24) is 4.90 Å². The molecule has 1 aliphatic carbocycles. The van der Waals surface area contributed by atoms with Crippen molar-refractivity contribution >= 4 is 17.6 Å². The molecule has 0 bridgehead atoms. The highest BCUT2D eigenvalue weighted by atomic mass is 16.5. The minimum absolute atomic E-state index is 0.126. The minimum Gasteiger partial charge on any atom is -0.461 e. The first kappa shape index (κ1) is 20.9. The van der Waals surface area contributed by atoms with Gasteiger partial charge in [0, 0.05) is 13.6 Å². The molecule has 0 aromatic rings. The molecular formula is C21H36N2O3. The van der Waals surface area contributed by atoms with Crippen LogP contribution in [0.4, 0.5) is 0 Å². The maximum absolute atomic E-state index is 12.7. The zero-order valence-corrected chi connectivity index (χ0v) is 17.6. The van der Waals surface area contributed by atoms with Crippen LogP contribution in [0.5, 0.6) is 0 Å². The highest BCUT2D eigenvalue weighted by molar-refractivity contribution is 6.38. The number of amides is 1. The van der Waals surface area contributed by atoms with Gasteiger partial charge in [-0.05, 0) is 62.7 Å². The third kappa shape index (κ3) is 3.96. The molecule has 0 aromatic carbocycles. The number of nitrogens with zero attached hydrogens (tertiary/aromatic N) is 2. The maximum Gasteiger partial charge on any atom is 0.329 e. The Kier molecular flexibility index (Phi) is 6.19. The summed E-state index contributed by atoms with van der Waals surface area (Å²) < 4.78 is 5.78. The van der Waals surface area contributed by atoms with E-state index in [9.17, 15) is 9.59 Å². The van der Waals surface area contributed by atoms with Gasteiger partial charge in [-0.15, -0.1) is 0 Å². The number of hydrogen-bond donors (Lipinski definition) is 0. The van der Waals surface area contributed by atoms with Gasteiger partial charge in [0.15, 0.2) is 0 Å². The average molecular weight is 365 g/mol. The van der Waals surface area contributed by atoms with Crippen LogP contribution in [0, 0.1) is 16.7 Å². The molecule has 5 nitrogen and oxygen atoms in total. The molecule has 1 amide bonds. The SMILES string of the molecule is C/N=C(\C)C(=O)N1CCCC1C(=O)OC(C)CC1CCC(C)(C)C1(C)C. The smallest absolute Gasteiger partial charge is 0.329 e. The summed E-state index contributed by atoms with van der Waals surface area (Å²) in [5.41, 5.74) is 0.984. The summed E-state index contributed by atoms with van der Waals surface area (Å²) in [6, 6.07) is -0.463. The third-order valence-corrected chi connectivity index (χ3v) is 7.25. The van der Waals surface area contributed by atoms with Crippen LogP contribution in [0.15, 0.2) is 4.99 Å². The predicted octanol–water partition coefficient (Wildman–Crippen LogP) is 3.85. The molecule has 1 saturated heterocycles. The molecule has 0 N–H and O–H groups in total. The van der Waals surface area contributed by atoms with E-state index in [0.717, 1.165) is 12.8 Å². The average Bonchev–Trinajstić information content (AvgIpc) is 3.12. The summed E-state index contributed by atoms with van der Waals surface area (Å²) in [4.78, 5) is 30.7. The van der Waals surface area contributed by atoms with Gasteiger partial charge in [-0.1, -0.05) is 27.7 Å². The molecule has 2 rings (SSSR count). The highest BCUT2D eigenvalue weighted by Gasteiger charge is 2.48. The maximum atomic E-state index is 12.7. The number of aliphatic imine (C=N–C) groups is 1. The lowest BCUT2D eigenvalue weighted by Gasteiger charge is -2.40. The quantitative estimate of drug-likeness (QED) is 0.550. The second kappa shape index (κ2) is 7.69. The molecule has 2 fully saturated rings. The Labute approximate surface area is 158 Å². The van der Waals surface area contributed by atoms with Crippen molar-refractivity contribution in [2.75, 3.05) is 13.6 Å². The van der Waals surface area contributed by atoms with Gasteiger partial charge in [0.05, 0.1) is 11.8 Å². The Balaban J connectivity index is 1.96. The van der Waals surface area contributed by atoms with Crippen molar-refractivity contribution in [1.29, 1.82) is 0 Å². The minimum atomic E-state index is -0.463. The molecule has 3 unspecified atom stereocenters. The first-order valence-corrected chi connectivity index (χ1v) is 9.96. The lowest BCUT2D eigenvalue weighted by atomic mass is 9.66. The molecule has 1 saturated carbocycles. The monoisotopic (exact) mass is 364 g/mol. The summed E-state index contributed by atoms with van der Waals surface area (Å²) in [7, 11) is 1.60. The molecular weight excluding hydrogens is 328 g/mol. The summed E-state index contributed by atoms with van der Waals surface area (Å²) in [6.45, 7) is 13.6. The van der Waals surface area contributed by atoms with Crippen molar-refractivity contribution in [3.05, 3.63) is 0 Å². The third-order valence-electron chi connectivity index (χ3n) is 7.25. The van der Waals surface area contributed by atoms with E-state index in [1.54, 1.807) is 18.9 Å². The second-order valence-electron chi connectivity index (χ2n) is 9.29. The topological polar surface area (TPSA) is 59.0 Å². The van der Waals surface area contributed by atoms with Gasteiger partial charge in [-0.25, -0.2) is 4.79 Å². The second-order valence-corrected chi connectivity index (χ2v) is 9.29. The van der Waals surface area contributed by atoms with Crippen LogP contribution in [0.2, 0.25) is 0 Å². The molecule has 0 radical (unpaired) electrons. The van der Waals surface area contributed by atoms with E-state index in [2.05, 4.69) is 32.7 Å². The zero-order chi connectivity index (χ0) is 19.7. The van der Waals surface area contributed by atoms with Crippen LogP contribution in [0.3, 0.4) is 0 Å². The van der Waals surface area contributed by atoms with Crippen LogP contribution in [-0.2, 0) is 14.3 Å². The largest absolute Gasteiger partial charge is 0.461 e. The summed E-state index contributed by atoms with van der Waals surface area (Å²) in [6.07, 6.45) is 4.67. The van der Waals surface area contributed by atoms with E-state index < -0.39 is 6.04 Å². The molecule has 26 heavy (non-hydrogen) atoms. The summed E-state index contributed by atoms with van der Waals surface area (Å²) >= 11 is 0. The van der Waals surface area contributed by atoms with Gasteiger partial charge < -0.3 is 9.64 Å². The Morgan fingerprint density at radius 3 is 2.42 bits per heavy atom. The van der Waals surface area contributed by atoms with Gasteiger partial charge in [-0.3, -0.25) is 9.79 Å². The standard InChI is InChI=1S/C21H36N2O3/c1-14(13-16-10-11-20(3,4)21(16,5)6)26-19(25)17-9-8-12-23(17)18(24)15(2)22-7/h14,16-17H,8-13H2,1-7H3/b22-15+.